The fraction of sp³-hybridized carbons (Fsp3) is 0. The third kappa shape index (κ3) is 3.88. The minimum Gasteiger partial charge on any atom is -0.353 e. The van der Waals surface area contributed by atoms with Gasteiger partial charge in [-0.3, -0.25) is 4.79 Å². The number of carbonyl (C=O) groups excluding carboxylic acids is 1. The number of amides is 1. The van der Waals surface area contributed by atoms with Crippen LogP contribution in [0.1, 0.15) is 10.5 Å². The maximum atomic E-state index is 13.7. The lowest BCUT2D eigenvalue weighted by atomic mass is 10.2. The number of nitrogens with one attached hydrogen (secondary N) is 2. The lowest BCUT2D eigenvalue weighted by Crippen LogP contribution is -2.14. The molecule has 0 saturated carbocycles. The highest BCUT2D eigenvalue weighted by molar-refractivity contribution is 6.30. The first-order chi connectivity index (χ1) is 11.6. The van der Waals surface area contributed by atoms with Crippen LogP contribution >= 0.6 is 11.6 Å². The number of benzene rings is 2. The van der Waals surface area contributed by atoms with Crippen molar-refractivity contribution in [1.82, 2.24) is 4.98 Å². The van der Waals surface area contributed by atoms with E-state index < -0.39 is 11.7 Å². The van der Waals surface area contributed by atoms with Crippen molar-refractivity contribution in [2.75, 3.05) is 10.6 Å². The fourth-order valence-corrected chi connectivity index (χ4v) is 2.33. The Hall–Kier alpha value is -2.92. The summed E-state index contributed by atoms with van der Waals surface area (Å²) in [7, 11) is 0. The van der Waals surface area contributed by atoms with Gasteiger partial charge in [0.05, 0.1) is 5.69 Å². The Bertz CT molecular complexity index is 871. The van der Waals surface area contributed by atoms with E-state index in [0.29, 0.717) is 11.4 Å². The summed E-state index contributed by atoms with van der Waals surface area (Å²) >= 11 is 5.98. The van der Waals surface area contributed by atoms with Gasteiger partial charge in [0.25, 0.3) is 5.91 Å². The molecule has 4 nitrogen and oxygen atoms in total. The molecule has 2 aromatic carbocycles. The van der Waals surface area contributed by atoms with Gasteiger partial charge in [-0.05, 0) is 36.4 Å². The van der Waals surface area contributed by atoms with E-state index in [4.69, 9.17) is 11.6 Å². The smallest absolute Gasteiger partial charge is 0.274 e. The predicted octanol–water partition coefficient (Wildman–Crippen LogP) is 4.87. The number of aromatic nitrogens is 1. The summed E-state index contributed by atoms with van der Waals surface area (Å²) in [5.74, 6) is -0.805. The van der Waals surface area contributed by atoms with Gasteiger partial charge in [0, 0.05) is 11.4 Å². The third-order valence-corrected chi connectivity index (χ3v) is 3.40. The second-order valence-corrected chi connectivity index (χ2v) is 5.38. The van der Waals surface area contributed by atoms with Crippen molar-refractivity contribution in [3.05, 3.63) is 83.4 Å². The van der Waals surface area contributed by atoms with Crippen LogP contribution in [0.25, 0.3) is 0 Å². The number of hydrogen-bond donors (Lipinski definition) is 2. The first kappa shape index (κ1) is 16.0. The summed E-state index contributed by atoms with van der Waals surface area (Å²) in [6, 6.07) is 18.3. The Balaban J connectivity index is 1.83. The van der Waals surface area contributed by atoms with Gasteiger partial charge in [0.2, 0.25) is 0 Å². The molecule has 0 fully saturated rings. The molecule has 6 heteroatoms. The maximum Gasteiger partial charge on any atom is 0.274 e. The SMILES string of the molecule is O=C(Nc1ccccc1)c1cc(Nc2ccccc2F)cc(Cl)n1. The molecule has 0 bridgehead atoms. The molecule has 0 aliphatic carbocycles. The first-order valence-corrected chi connectivity index (χ1v) is 7.55. The number of anilines is 3. The quantitative estimate of drug-likeness (QED) is 0.666. The standard InChI is InChI=1S/C18H13ClFN3O/c19-17-11-13(21-15-9-5-4-8-14(15)20)10-16(23-17)18(24)22-12-6-2-1-3-7-12/h1-11H,(H,21,23)(H,22,24). The van der Waals surface area contributed by atoms with E-state index >= 15 is 0 Å². The molecule has 1 amide bonds. The molecule has 3 rings (SSSR count). The van der Waals surface area contributed by atoms with Gasteiger partial charge in [-0.15, -0.1) is 0 Å². The summed E-state index contributed by atoms with van der Waals surface area (Å²) in [5, 5.41) is 5.75. The fourth-order valence-electron chi connectivity index (χ4n) is 2.12. The highest BCUT2D eigenvalue weighted by Gasteiger charge is 2.11. The van der Waals surface area contributed by atoms with Crippen molar-refractivity contribution in [3.8, 4) is 0 Å². The molecule has 3 aromatic rings. The second kappa shape index (κ2) is 7.10. The van der Waals surface area contributed by atoms with E-state index in [1.165, 1.54) is 18.2 Å². The van der Waals surface area contributed by atoms with E-state index in [2.05, 4.69) is 15.6 Å². The van der Waals surface area contributed by atoms with E-state index in [1.807, 2.05) is 18.2 Å². The molecule has 0 aliphatic rings. The van der Waals surface area contributed by atoms with Crippen LogP contribution in [0, 0.1) is 5.82 Å². The van der Waals surface area contributed by atoms with Crippen molar-refractivity contribution >= 4 is 34.6 Å². The predicted molar refractivity (Wildman–Crippen MR) is 93.3 cm³/mol. The molecule has 2 N–H and O–H groups in total. The highest BCUT2D eigenvalue weighted by Crippen LogP contribution is 2.23. The molecule has 0 spiro atoms. The molecule has 24 heavy (non-hydrogen) atoms. The van der Waals surface area contributed by atoms with E-state index in [9.17, 15) is 9.18 Å². The molecule has 1 aromatic heterocycles. The lowest BCUT2D eigenvalue weighted by molar-refractivity contribution is 0.102. The largest absolute Gasteiger partial charge is 0.353 e. The van der Waals surface area contributed by atoms with Gasteiger partial charge in [-0.1, -0.05) is 41.9 Å². The second-order valence-electron chi connectivity index (χ2n) is 4.99. The Kier molecular flexibility index (Phi) is 4.72. The third-order valence-electron chi connectivity index (χ3n) is 3.21. The maximum absolute atomic E-state index is 13.7. The lowest BCUT2D eigenvalue weighted by Gasteiger charge is -2.10. The van der Waals surface area contributed by atoms with Crippen LogP contribution in [0.5, 0.6) is 0 Å². The Morgan fingerprint density at radius 2 is 1.67 bits per heavy atom. The Morgan fingerprint density at radius 1 is 0.958 bits per heavy atom. The summed E-state index contributed by atoms with van der Waals surface area (Å²) in [6.45, 7) is 0. The molecule has 0 saturated heterocycles. The van der Waals surface area contributed by atoms with Crippen molar-refractivity contribution in [3.63, 3.8) is 0 Å². The van der Waals surface area contributed by atoms with Crippen molar-refractivity contribution in [2.45, 2.75) is 0 Å². The van der Waals surface area contributed by atoms with Crippen LogP contribution in [0.4, 0.5) is 21.5 Å². The number of rotatable bonds is 4. The summed E-state index contributed by atoms with van der Waals surface area (Å²) in [5.41, 5.74) is 1.53. The van der Waals surface area contributed by atoms with Crippen LogP contribution in [0.3, 0.4) is 0 Å². The Labute approximate surface area is 143 Å². The van der Waals surface area contributed by atoms with Crippen molar-refractivity contribution in [2.24, 2.45) is 0 Å². The molecule has 1 heterocycles. The monoisotopic (exact) mass is 341 g/mol. The van der Waals surface area contributed by atoms with Crippen LogP contribution in [0.2, 0.25) is 5.15 Å². The summed E-state index contributed by atoms with van der Waals surface area (Å²) in [6.07, 6.45) is 0. The highest BCUT2D eigenvalue weighted by atomic mass is 35.5. The zero-order valence-corrected chi connectivity index (χ0v) is 13.2. The molecule has 0 aliphatic heterocycles. The number of nitrogens with zero attached hydrogens (tertiary/aromatic N) is 1. The number of halogens is 2. The topological polar surface area (TPSA) is 54.0 Å². The molecule has 0 atom stereocenters. The van der Waals surface area contributed by atoms with E-state index in [0.717, 1.165) is 0 Å². The molecule has 120 valence electrons. The number of pyridine rings is 1. The average molecular weight is 342 g/mol. The summed E-state index contributed by atoms with van der Waals surface area (Å²) in [4.78, 5) is 16.3. The number of carbonyl (C=O) groups is 1. The number of para-hydroxylation sites is 2. The van der Waals surface area contributed by atoms with Crippen LogP contribution in [-0.2, 0) is 0 Å². The average Bonchev–Trinajstić information content (AvgIpc) is 2.57. The zero-order chi connectivity index (χ0) is 16.9. The van der Waals surface area contributed by atoms with Crippen molar-refractivity contribution < 1.29 is 9.18 Å². The molecular formula is C18H13ClFN3O. The van der Waals surface area contributed by atoms with Gasteiger partial charge < -0.3 is 10.6 Å². The van der Waals surface area contributed by atoms with Crippen LogP contribution < -0.4 is 10.6 Å². The summed E-state index contributed by atoms with van der Waals surface area (Å²) < 4.78 is 13.7. The van der Waals surface area contributed by atoms with Gasteiger partial charge in [-0.25, -0.2) is 9.37 Å². The van der Waals surface area contributed by atoms with Crippen molar-refractivity contribution in [1.29, 1.82) is 0 Å². The number of hydrogen-bond acceptors (Lipinski definition) is 3. The normalized spacial score (nSPS) is 10.2. The van der Waals surface area contributed by atoms with E-state index in [1.54, 1.807) is 30.3 Å². The van der Waals surface area contributed by atoms with Gasteiger partial charge in [-0.2, -0.15) is 0 Å². The molecule has 0 unspecified atom stereocenters. The molecular weight excluding hydrogens is 329 g/mol. The van der Waals surface area contributed by atoms with Crippen LogP contribution in [-0.4, -0.2) is 10.9 Å². The van der Waals surface area contributed by atoms with Gasteiger partial charge >= 0.3 is 0 Å². The first-order valence-electron chi connectivity index (χ1n) is 7.17. The van der Waals surface area contributed by atoms with E-state index in [-0.39, 0.29) is 16.5 Å². The minimum absolute atomic E-state index is 0.130. The Morgan fingerprint density at radius 3 is 2.42 bits per heavy atom. The van der Waals surface area contributed by atoms with Gasteiger partial charge in [0.15, 0.2) is 0 Å². The molecule has 0 radical (unpaired) electrons. The zero-order valence-electron chi connectivity index (χ0n) is 12.5. The van der Waals surface area contributed by atoms with Gasteiger partial charge in [0.1, 0.15) is 16.7 Å². The minimum atomic E-state index is -0.403. The van der Waals surface area contributed by atoms with Crippen LogP contribution in [0.15, 0.2) is 66.7 Å².